The monoisotopic (exact) mass is 314 g/mol. The predicted octanol–water partition coefficient (Wildman–Crippen LogP) is 3.69. The van der Waals surface area contributed by atoms with Gasteiger partial charge in [0, 0.05) is 39.1 Å². The van der Waals surface area contributed by atoms with E-state index < -0.39 is 0 Å². The van der Waals surface area contributed by atoms with Crippen molar-refractivity contribution in [3.05, 3.63) is 35.9 Å². The lowest BCUT2D eigenvalue weighted by Gasteiger charge is -2.22. The molecule has 1 aromatic rings. The van der Waals surface area contributed by atoms with Crippen LogP contribution in [0.4, 0.5) is 0 Å². The number of rotatable bonds is 5. The van der Waals surface area contributed by atoms with Crippen LogP contribution in [0.15, 0.2) is 30.3 Å². The predicted molar refractivity (Wildman–Crippen MR) is 94.1 cm³/mol. The van der Waals surface area contributed by atoms with Crippen LogP contribution < -0.4 is 0 Å². The topological polar surface area (TPSA) is 23.6 Å². The molecule has 0 radical (unpaired) electrons. The van der Waals surface area contributed by atoms with Crippen LogP contribution in [0.3, 0.4) is 0 Å². The summed E-state index contributed by atoms with van der Waals surface area (Å²) in [6.45, 7) is 4.95. The maximum atomic E-state index is 12.5. The molecule has 126 valence electrons. The minimum Gasteiger partial charge on any atom is -0.341 e. The van der Waals surface area contributed by atoms with Gasteiger partial charge in [0.05, 0.1) is 0 Å². The number of nitrogens with zero attached hydrogens (tertiary/aromatic N) is 2. The lowest BCUT2D eigenvalue weighted by Crippen LogP contribution is -2.35. The van der Waals surface area contributed by atoms with Crippen LogP contribution in [-0.2, 0) is 11.3 Å². The third kappa shape index (κ3) is 5.07. The van der Waals surface area contributed by atoms with Crippen LogP contribution >= 0.6 is 0 Å². The second kappa shape index (κ2) is 8.49. The third-order valence-corrected chi connectivity index (χ3v) is 5.43. The quantitative estimate of drug-likeness (QED) is 0.827. The molecule has 0 spiro atoms. The van der Waals surface area contributed by atoms with Gasteiger partial charge in [-0.15, -0.1) is 0 Å². The standard InChI is InChI=1S/C20H30N2O/c23-20(12-11-18-7-4-5-8-18)22-14-6-13-21(15-16-22)17-19-9-2-1-3-10-19/h1-3,9-10,18H,4-8,11-17H2. The number of benzene rings is 1. The minimum absolute atomic E-state index is 0.387. The van der Waals surface area contributed by atoms with Crippen LogP contribution in [0.2, 0.25) is 0 Å². The molecule has 2 fully saturated rings. The zero-order chi connectivity index (χ0) is 15.9. The number of carbonyl (C=O) groups excluding carboxylic acids is 1. The second-order valence-electron chi connectivity index (χ2n) is 7.19. The van der Waals surface area contributed by atoms with Gasteiger partial charge in [-0.25, -0.2) is 0 Å². The zero-order valence-corrected chi connectivity index (χ0v) is 14.3. The first kappa shape index (κ1) is 16.5. The van der Waals surface area contributed by atoms with Crippen molar-refractivity contribution in [3.8, 4) is 0 Å². The molecule has 3 rings (SSSR count). The Balaban J connectivity index is 1.43. The van der Waals surface area contributed by atoms with Crippen molar-refractivity contribution >= 4 is 5.91 Å². The smallest absolute Gasteiger partial charge is 0.222 e. The molecule has 1 saturated heterocycles. The Morgan fingerprint density at radius 2 is 1.74 bits per heavy atom. The molecule has 2 aliphatic rings. The average molecular weight is 314 g/mol. The fraction of sp³-hybridized carbons (Fsp3) is 0.650. The number of amides is 1. The molecule has 1 amide bonds. The van der Waals surface area contributed by atoms with Gasteiger partial charge in [0.2, 0.25) is 5.91 Å². The fourth-order valence-corrected chi connectivity index (χ4v) is 4.00. The fourth-order valence-electron chi connectivity index (χ4n) is 4.00. The molecular formula is C20H30N2O. The number of hydrogen-bond donors (Lipinski definition) is 0. The average Bonchev–Trinajstić information content (AvgIpc) is 2.99. The molecule has 1 heterocycles. The summed E-state index contributed by atoms with van der Waals surface area (Å²) in [5, 5.41) is 0. The van der Waals surface area contributed by atoms with E-state index in [1.165, 1.54) is 31.2 Å². The summed E-state index contributed by atoms with van der Waals surface area (Å²) in [6.07, 6.45) is 8.42. The van der Waals surface area contributed by atoms with Crippen molar-refractivity contribution in [2.24, 2.45) is 5.92 Å². The van der Waals surface area contributed by atoms with Crippen molar-refractivity contribution < 1.29 is 4.79 Å². The summed E-state index contributed by atoms with van der Waals surface area (Å²) < 4.78 is 0. The van der Waals surface area contributed by atoms with E-state index in [0.717, 1.165) is 57.9 Å². The molecule has 23 heavy (non-hydrogen) atoms. The minimum atomic E-state index is 0.387. The summed E-state index contributed by atoms with van der Waals surface area (Å²) in [5.74, 6) is 1.21. The van der Waals surface area contributed by atoms with Gasteiger partial charge in [0.15, 0.2) is 0 Å². The van der Waals surface area contributed by atoms with Crippen molar-refractivity contribution in [3.63, 3.8) is 0 Å². The highest BCUT2D eigenvalue weighted by Gasteiger charge is 2.21. The Labute approximate surface area is 140 Å². The Morgan fingerprint density at radius 3 is 2.52 bits per heavy atom. The lowest BCUT2D eigenvalue weighted by molar-refractivity contribution is -0.131. The van der Waals surface area contributed by atoms with E-state index in [0.29, 0.717) is 5.91 Å². The van der Waals surface area contributed by atoms with E-state index in [9.17, 15) is 4.79 Å². The van der Waals surface area contributed by atoms with Gasteiger partial charge in [-0.1, -0.05) is 56.0 Å². The molecule has 1 aromatic carbocycles. The highest BCUT2D eigenvalue weighted by Crippen LogP contribution is 2.28. The van der Waals surface area contributed by atoms with E-state index in [-0.39, 0.29) is 0 Å². The Kier molecular flexibility index (Phi) is 6.09. The molecule has 0 bridgehead atoms. The van der Waals surface area contributed by atoms with E-state index in [2.05, 4.69) is 40.1 Å². The third-order valence-electron chi connectivity index (χ3n) is 5.43. The van der Waals surface area contributed by atoms with Crippen molar-refractivity contribution in [1.29, 1.82) is 0 Å². The first-order valence-electron chi connectivity index (χ1n) is 9.35. The van der Waals surface area contributed by atoms with Crippen LogP contribution in [0.5, 0.6) is 0 Å². The number of carbonyl (C=O) groups is 1. The van der Waals surface area contributed by atoms with Crippen molar-refractivity contribution in [2.45, 2.75) is 51.5 Å². The maximum Gasteiger partial charge on any atom is 0.222 e. The van der Waals surface area contributed by atoms with Gasteiger partial charge in [0.25, 0.3) is 0 Å². The lowest BCUT2D eigenvalue weighted by atomic mass is 10.0. The number of hydrogen-bond acceptors (Lipinski definition) is 2. The summed E-state index contributed by atoms with van der Waals surface area (Å²) in [7, 11) is 0. The van der Waals surface area contributed by atoms with E-state index in [1.54, 1.807) is 0 Å². The SMILES string of the molecule is O=C(CCC1CCCC1)N1CCCN(Cc2ccccc2)CC1. The first-order chi connectivity index (χ1) is 11.3. The van der Waals surface area contributed by atoms with Crippen molar-refractivity contribution in [2.75, 3.05) is 26.2 Å². The molecule has 1 saturated carbocycles. The normalized spacial score (nSPS) is 20.6. The van der Waals surface area contributed by atoms with Crippen molar-refractivity contribution in [1.82, 2.24) is 9.80 Å². The molecule has 3 heteroatoms. The van der Waals surface area contributed by atoms with Crippen LogP contribution in [0.1, 0.15) is 50.5 Å². The molecule has 1 aliphatic heterocycles. The van der Waals surface area contributed by atoms with Gasteiger partial charge in [-0.3, -0.25) is 9.69 Å². The van der Waals surface area contributed by atoms with Gasteiger partial charge in [-0.05, 0) is 24.3 Å². The summed E-state index contributed by atoms with van der Waals surface area (Å²) >= 11 is 0. The van der Waals surface area contributed by atoms with Gasteiger partial charge < -0.3 is 4.90 Å². The molecule has 0 aromatic heterocycles. The highest BCUT2D eigenvalue weighted by molar-refractivity contribution is 5.76. The van der Waals surface area contributed by atoms with Crippen LogP contribution in [0.25, 0.3) is 0 Å². The molecule has 3 nitrogen and oxygen atoms in total. The maximum absolute atomic E-state index is 12.5. The van der Waals surface area contributed by atoms with E-state index in [1.807, 2.05) is 0 Å². The van der Waals surface area contributed by atoms with E-state index in [4.69, 9.17) is 0 Å². The highest BCUT2D eigenvalue weighted by atomic mass is 16.2. The van der Waals surface area contributed by atoms with Gasteiger partial charge >= 0.3 is 0 Å². The molecular weight excluding hydrogens is 284 g/mol. The Morgan fingerprint density at radius 1 is 0.957 bits per heavy atom. The largest absolute Gasteiger partial charge is 0.341 e. The second-order valence-corrected chi connectivity index (χ2v) is 7.19. The zero-order valence-electron chi connectivity index (χ0n) is 14.3. The van der Waals surface area contributed by atoms with Gasteiger partial charge in [0.1, 0.15) is 0 Å². The summed E-state index contributed by atoms with van der Waals surface area (Å²) in [5.41, 5.74) is 1.37. The van der Waals surface area contributed by atoms with Crippen LogP contribution in [-0.4, -0.2) is 41.9 Å². The molecule has 0 atom stereocenters. The Hall–Kier alpha value is -1.35. The molecule has 0 N–H and O–H groups in total. The summed E-state index contributed by atoms with van der Waals surface area (Å²) in [6, 6.07) is 10.7. The molecule has 0 unspecified atom stereocenters. The summed E-state index contributed by atoms with van der Waals surface area (Å²) in [4.78, 5) is 17.1. The van der Waals surface area contributed by atoms with Crippen LogP contribution in [0, 0.1) is 5.92 Å². The molecule has 1 aliphatic carbocycles. The van der Waals surface area contributed by atoms with E-state index >= 15 is 0 Å². The first-order valence-corrected chi connectivity index (χ1v) is 9.35. The van der Waals surface area contributed by atoms with Gasteiger partial charge in [-0.2, -0.15) is 0 Å². The Bertz CT molecular complexity index is 482.